The number of aromatic nitrogens is 2. The Morgan fingerprint density at radius 3 is 2.89 bits per heavy atom. The quantitative estimate of drug-likeness (QED) is 0.814. The van der Waals surface area contributed by atoms with Gasteiger partial charge in [-0.1, -0.05) is 0 Å². The van der Waals surface area contributed by atoms with Crippen LogP contribution in [0.1, 0.15) is 24.2 Å². The largest absolute Gasteiger partial charge is 0.388 e. The number of rotatable bonds is 3. The molecule has 0 unspecified atom stereocenters. The fourth-order valence-corrected chi connectivity index (χ4v) is 1.88. The van der Waals surface area contributed by atoms with Gasteiger partial charge in [-0.05, 0) is 13.0 Å². The van der Waals surface area contributed by atoms with Crippen LogP contribution in [-0.4, -0.2) is 40.4 Å². The molecule has 2 heterocycles. The van der Waals surface area contributed by atoms with Crippen molar-refractivity contribution in [3.05, 3.63) is 17.5 Å². The van der Waals surface area contributed by atoms with Gasteiger partial charge in [0.2, 0.25) is 5.95 Å². The highest BCUT2D eigenvalue weighted by Gasteiger charge is 2.29. The van der Waals surface area contributed by atoms with E-state index >= 15 is 0 Å². The fraction of sp³-hybridized carbons (Fsp3) is 0.583. The Labute approximate surface area is 106 Å². The van der Waals surface area contributed by atoms with Gasteiger partial charge in [-0.2, -0.15) is 5.26 Å². The molecule has 1 aromatic heterocycles. The summed E-state index contributed by atoms with van der Waals surface area (Å²) in [5.41, 5.74) is 0.269. The predicted molar refractivity (Wildman–Crippen MR) is 65.0 cm³/mol. The zero-order chi connectivity index (χ0) is 13.0. The summed E-state index contributed by atoms with van der Waals surface area (Å²) in [4.78, 5) is 8.22. The van der Waals surface area contributed by atoms with Crippen molar-refractivity contribution in [1.29, 1.82) is 5.26 Å². The van der Waals surface area contributed by atoms with E-state index in [1.54, 1.807) is 13.0 Å². The van der Waals surface area contributed by atoms with Crippen LogP contribution in [0, 0.1) is 18.3 Å². The topological polar surface area (TPSA) is 91.1 Å². The summed E-state index contributed by atoms with van der Waals surface area (Å²) >= 11 is 0. The van der Waals surface area contributed by atoms with E-state index in [2.05, 4.69) is 15.3 Å². The third-order valence-corrected chi connectivity index (χ3v) is 2.97. The number of nitrogens with one attached hydrogen (secondary N) is 1. The maximum Gasteiger partial charge on any atom is 0.224 e. The Hall–Kier alpha value is -1.71. The molecule has 0 aromatic carbocycles. The van der Waals surface area contributed by atoms with Crippen molar-refractivity contribution in [2.45, 2.75) is 25.4 Å². The van der Waals surface area contributed by atoms with Crippen LogP contribution in [0.15, 0.2) is 6.07 Å². The number of nitrogens with zero attached hydrogens (tertiary/aromatic N) is 3. The summed E-state index contributed by atoms with van der Waals surface area (Å²) < 4.78 is 5.21. The first-order valence-corrected chi connectivity index (χ1v) is 5.91. The number of ether oxygens (including phenoxy) is 1. The SMILES string of the molecule is Cc1cc(C#N)nc(NCC2(O)CCOCC2)n1. The van der Waals surface area contributed by atoms with E-state index in [0.29, 0.717) is 44.2 Å². The first-order chi connectivity index (χ1) is 8.61. The lowest BCUT2D eigenvalue weighted by atomic mass is 9.94. The Balaban J connectivity index is 2.01. The van der Waals surface area contributed by atoms with Crippen LogP contribution in [0.4, 0.5) is 5.95 Å². The molecular weight excluding hydrogens is 232 g/mol. The molecule has 0 amide bonds. The maximum atomic E-state index is 10.3. The van der Waals surface area contributed by atoms with E-state index in [4.69, 9.17) is 10.00 Å². The minimum atomic E-state index is -0.780. The van der Waals surface area contributed by atoms with E-state index in [0.717, 1.165) is 5.69 Å². The first kappa shape index (κ1) is 12.7. The smallest absolute Gasteiger partial charge is 0.224 e. The lowest BCUT2D eigenvalue weighted by Crippen LogP contribution is -2.42. The van der Waals surface area contributed by atoms with Crippen LogP contribution < -0.4 is 5.32 Å². The Kier molecular flexibility index (Phi) is 3.75. The maximum absolute atomic E-state index is 10.3. The molecule has 0 atom stereocenters. The van der Waals surface area contributed by atoms with Crippen LogP contribution in [0.3, 0.4) is 0 Å². The molecule has 1 aliphatic heterocycles. The van der Waals surface area contributed by atoms with E-state index in [-0.39, 0.29) is 0 Å². The van der Waals surface area contributed by atoms with E-state index in [1.807, 2.05) is 6.07 Å². The lowest BCUT2D eigenvalue weighted by molar-refractivity contribution is -0.0544. The third-order valence-electron chi connectivity index (χ3n) is 2.97. The van der Waals surface area contributed by atoms with Crippen LogP contribution >= 0.6 is 0 Å². The predicted octanol–water partition coefficient (Wildman–Crippen LogP) is 0.610. The second kappa shape index (κ2) is 5.29. The molecule has 0 spiro atoms. The molecule has 2 rings (SSSR count). The van der Waals surface area contributed by atoms with Gasteiger partial charge in [0.15, 0.2) is 0 Å². The Bertz CT molecular complexity index is 464. The summed E-state index contributed by atoms with van der Waals surface area (Å²) in [5, 5.41) is 22.1. The summed E-state index contributed by atoms with van der Waals surface area (Å²) in [6.45, 7) is 3.30. The lowest BCUT2D eigenvalue weighted by Gasteiger charge is -2.32. The monoisotopic (exact) mass is 248 g/mol. The molecule has 6 nitrogen and oxygen atoms in total. The van der Waals surface area contributed by atoms with E-state index in [1.165, 1.54) is 0 Å². The van der Waals surface area contributed by atoms with Crippen molar-refractivity contribution in [2.24, 2.45) is 0 Å². The first-order valence-electron chi connectivity index (χ1n) is 5.91. The molecule has 1 aromatic rings. The standard InChI is InChI=1S/C12H16N4O2/c1-9-6-10(7-13)16-11(15-9)14-8-12(17)2-4-18-5-3-12/h6,17H,2-5,8H2,1H3,(H,14,15,16). The van der Waals surface area contributed by atoms with Gasteiger partial charge in [-0.15, -0.1) is 0 Å². The minimum absolute atomic E-state index is 0.323. The minimum Gasteiger partial charge on any atom is -0.388 e. The molecule has 0 bridgehead atoms. The Morgan fingerprint density at radius 1 is 1.50 bits per heavy atom. The molecular formula is C12H16N4O2. The summed E-state index contributed by atoms with van der Waals surface area (Å²) in [6, 6.07) is 3.60. The zero-order valence-corrected chi connectivity index (χ0v) is 10.3. The number of nitriles is 1. The summed E-state index contributed by atoms with van der Waals surface area (Å²) in [6.07, 6.45) is 1.19. The van der Waals surface area contributed by atoms with Gasteiger partial charge in [0, 0.05) is 38.3 Å². The number of anilines is 1. The van der Waals surface area contributed by atoms with Crippen LogP contribution in [0.25, 0.3) is 0 Å². The molecule has 96 valence electrons. The summed E-state index contributed by atoms with van der Waals surface area (Å²) in [5.74, 6) is 0.381. The highest BCUT2D eigenvalue weighted by Crippen LogP contribution is 2.20. The average Bonchev–Trinajstić information content (AvgIpc) is 2.37. The normalized spacial score (nSPS) is 18.1. The molecule has 18 heavy (non-hydrogen) atoms. The molecule has 2 N–H and O–H groups in total. The van der Waals surface area contributed by atoms with Crippen molar-refractivity contribution in [3.8, 4) is 6.07 Å². The molecule has 6 heteroatoms. The van der Waals surface area contributed by atoms with Crippen LogP contribution in [0.5, 0.6) is 0 Å². The van der Waals surface area contributed by atoms with Crippen molar-refractivity contribution in [1.82, 2.24) is 9.97 Å². The second-order valence-electron chi connectivity index (χ2n) is 4.52. The summed E-state index contributed by atoms with van der Waals surface area (Å²) in [7, 11) is 0. The van der Waals surface area contributed by atoms with Gasteiger partial charge in [0.05, 0.1) is 5.60 Å². The van der Waals surface area contributed by atoms with Crippen molar-refractivity contribution >= 4 is 5.95 Å². The van der Waals surface area contributed by atoms with Crippen molar-refractivity contribution in [3.63, 3.8) is 0 Å². The number of aryl methyl sites for hydroxylation is 1. The fourth-order valence-electron chi connectivity index (χ4n) is 1.88. The molecule has 1 aliphatic rings. The van der Waals surface area contributed by atoms with Gasteiger partial charge in [0.25, 0.3) is 0 Å². The van der Waals surface area contributed by atoms with E-state index in [9.17, 15) is 5.11 Å². The number of aliphatic hydroxyl groups is 1. The van der Waals surface area contributed by atoms with Crippen molar-refractivity contribution < 1.29 is 9.84 Å². The molecule has 0 radical (unpaired) electrons. The van der Waals surface area contributed by atoms with Gasteiger partial charge in [-0.3, -0.25) is 0 Å². The highest BCUT2D eigenvalue weighted by molar-refractivity contribution is 5.33. The molecule has 0 saturated carbocycles. The van der Waals surface area contributed by atoms with Gasteiger partial charge < -0.3 is 15.2 Å². The Morgan fingerprint density at radius 2 is 2.22 bits per heavy atom. The van der Waals surface area contributed by atoms with Gasteiger partial charge >= 0.3 is 0 Å². The highest BCUT2D eigenvalue weighted by atomic mass is 16.5. The van der Waals surface area contributed by atoms with E-state index < -0.39 is 5.60 Å². The second-order valence-corrected chi connectivity index (χ2v) is 4.52. The van der Waals surface area contributed by atoms with Gasteiger partial charge in [0.1, 0.15) is 11.8 Å². The molecule has 1 saturated heterocycles. The van der Waals surface area contributed by atoms with Crippen LogP contribution in [0.2, 0.25) is 0 Å². The molecule has 0 aliphatic carbocycles. The number of hydrogen-bond acceptors (Lipinski definition) is 6. The third kappa shape index (κ3) is 3.15. The average molecular weight is 248 g/mol. The molecule has 1 fully saturated rings. The number of hydrogen-bond donors (Lipinski definition) is 2. The zero-order valence-electron chi connectivity index (χ0n) is 10.3. The van der Waals surface area contributed by atoms with Crippen LogP contribution in [-0.2, 0) is 4.74 Å². The van der Waals surface area contributed by atoms with Gasteiger partial charge in [-0.25, -0.2) is 9.97 Å². The van der Waals surface area contributed by atoms with Crippen molar-refractivity contribution in [2.75, 3.05) is 25.1 Å².